The summed E-state index contributed by atoms with van der Waals surface area (Å²) >= 11 is 0. The van der Waals surface area contributed by atoms with Gasteiger partial charge in [-0.1, -0.05) is 6.07 Å². The van der Waals surface area contributed by atoms with Crippen molar-refractivity contribution in [3.8, 4) is 17.0 Å². The molecule has 0 fully saturated rings. The van der Waals surface area contributed by atoms with E-state index in [9.17, 15) is 0 Å². The zero-order chi connectivity index (χ0) is 15.6. The molecule has 3 aromatic rings. The Morgan fingerprint density at radius 3 is 3.09 bits per heavy atom. The van der Waals surface area contributed by atoms with E-state index in [1.807, 2.05) is 42.1 Å². The van der Waals surface area contributed by atoms with Crippen LogP contribution in [0.4, 0.5) is 5.82 Å². The molecule has 23 heavy (non-hydrogen) atoms. The van der Waals surface area contributed by atoms with E-state index in [-0.39, 0.29) is 0 Å². The van der Waals surface area contributed by atoms with Gasteiger partial charge >= 0.3 is 0 Å². The van der Waals surface area contributed by atoms with Crippen LogP contribution >= 0.6 is 0 Å². The Labute approximate surface area is 135 Å². The van der Waals surface area contributed by atoms with Gasteiger partial charge in [0.15, 0.2) is 0 Å². The van der Waals surface area contributed by atoms with Crippen molar-refractivity contribution >= 4 is 5.82 Å². The molecule has 3 heterocycles. The van der Waals surface area contributed by atoms with Crippen LogP contribution in [0.15, 0.2) is 48.8 Å². The summed E-state index contributed by atoms with van der Waals surface area (Å²) in [5, 5.41) is 3.33. The number of nitrogens with one attached hydrogen (secondary N) is 1. The number of hydrogen-bond donors (Lipinski definition) is 1. The zero-order valence-electron chi connectivity index (χ0n) is 13.0. The van der Waals surface area contributed by atoms with Crippen LogP contribution in [-0.2, 0) is 20.0 Å². The maximum atomic E-state index is 5.56. The summed E-state index contributed by atoms with van der Waals surface area (Å²) in [6.45, 7) is 1.43. The molecule has 2 aromatic heterocycles. The largest absolute Gasteiger partial charge is 0.493 e. The first-order valence-electron chi connectivity index (χ1n) is 7.73. The molecule has 116 valence electrons. The van der Waals surface area contributed by atoms with Gasteiger partial charge in [-0.3, -0.25) is 0 Å². The smallest absolute Gasteiger partial charge is 0.127 e. The van der Waals surface area contributed by atoms with Crippen molar-refractivity contribution in [3.05, 3.63) is 60.2 Å². The van der Waals surface area contributed by atoms with Crippen molar-refractivity contribution in [2.45, 2.75) is 13.0 Å². The fourth-order valence-corrected chi connectivity index (χ4v) is 2.78. The summed E-state index contributed by atoms with van der Waals surface area (Å²) < 4.78 is 7.56. The van der Waals surface area contributed by atoms with Crippen LogP contribution in [0.1, 0.15) is 11.4 Å². The van der Waals surface area contributed by atoms with Crippen LogP contribution < -0.4 is 10.1 Å². The van der Waals surface area contributed by atoms with Crippen LogP contribution in [0.3, 0.4) is 0 Å². The van der Waals surface area contributed by atoms with Gasteiger partial charge in [0, 0.05) is 31.4 Å². The Bertz CT molecular complexity index is 841. The van der Waals surface area contributed by atoms with Crippen molar-refractivity contribution in [3.63, 3.8) is 0 Å². The number of aryl methyl sites for hydroxylation is 1. The third-order valence-electron chi connectivity index (χ3n) is 4.08. The van der Waals surface area contributed by atoms with Crippen molar-refractivity contribution in [2.75, 3.05) is 11.9 Å². The Morgan fingerprint density at radius 2 is 2.22 bits per heavy atom. The van der Waals surface area contributed by atoms with Gasteiger partial charge < -0.3 is 14.6 Å². The molecule has 0 amide bonds. The number of fused-ring (bicyclic) bond motifs is 1. The molecular weight excluding hydrogens is 288 g/mol. The highest BCUT2D eigenvalue weighted by Crippen LogP contribution is 2.30. The molecular formula is C18H18N4O. The standard InChI is InChI=1S/C18H18N4O/c1-22-9-8-19-18(22)12-20-17-4-2-3-15(21-17)13-5-6-16-14(11-13)7-10-23-16/h2-6,8-9,11H,7,10,12H2,1H3,(H,20,21). The first-order valence-corrected chi connectivity index (χ1v) is 7.73. The van der Waals surface area contributed by atoms with Crippen molar-refractivity contribution in [2.24, 2.45) is 7.05 Å². The summed E-state index contributed by atoms with van der Waals surface area (Å²) in [5.74, 6) is 2.83. The van der Waals surface area contributed by atoms with Gasteiger partial charge in [0.2, 0.25) is 0 Å². The maximum Gasteiger partial charge on any atom is 0.127 e. The van der Waals surface area contributed by atoms with Crippen LogP contribution in [0.5, 0.6) is 5.75 Å². The van der Waals surface area contributed by atoms with Gasteiger partial charge in [-0.25, -0.2) is 9.97 Å². The van der Waals surface area contributed by atoms with Gasteiger partial charge in [-0.2, -0.15) is 0 Å². The first-order chi connectivity index (χ1) is 11.3. The normalized spacial score (nSPS) is 12.7. The minimum Gasteiger partial charge on any atom is -0.493 e. The number of aromatic nitrogens is 3. The molecule has 0 spiro atoms. The molecule has 1 aliphatic heterocycles. The first kappa shape index (κ1) is 13.8. The second-order valence-electron chi connectivity index (χ2n) is 5.64. The van der Waals surface area contributed by atoms with Crippen LogP contribution in [0.2, 0.25) is 0 Å². The minimum atomic E-state index is 0.651. The highest BCUT2D eigenvalue weighted by atomic mass is 16.5. The van der Waals surface area contributed by atoms with Crippen LogP contribution in [-0.4, -0.2) is 21.1 Å². The van der Waals surface area contributed by atoms with Gasteiger partial charge in [-0.15, -0.1) is 0 Å². The van der Waals surface area contributed by atoms with Crippen molar-refractivity contribution < 1.29 is 4.74 Å². The van der Waals surface area contributed by atoms with Crippen LogP contribution in [0.25, 0.3) is 11.3 Å². The fraction of sp³-hybridized carbons (Fsp3) is 0.222. The lowest BCUT2D eigenvalue weighted by Crippen LogP contribution is -2.06. The number of benzene rings is 1. The molecule has 1 aliphatic rings. The number of anilines is 1. The summed E-state index contributed by atoms with van der Waals surface area (Å²) in [6, 6.07) is 12.3. The van der Waals surface area contributed by atoms with Gasteiger partial charge in [0.25, 0.3) is 0 Å². The topological polar surface area (TPSA) is 52.0 Å². The SMILES string of the molecule is Cn1ccnc1CNc1cccc(-c2ccc3c(c2)CCO3)n1. The van der Waals surface area contributed by atoms with E-state index in [0.29, 0.717) is 6.54 Å². The Balaban J connectivity index is 1.55. The van der Waals surface area contributed by atoms with E-state index < -0.39 is 0 Å². The highest BCUT2D eigenvalue weighted by Gasteiger charge is 2.13. The molecule has 5 heteroatoms. The summed E-state index contributed by atoms with van der Waals surface area (Å²) in [7, 11) is 1.99. The Morgan fingerprint density at radius 1 is 1.26 bits per heavy atom. The predicted molar refractivity (Wildman–Crippen MR) is 89.4 cm³/mol. The average Bonchev–Trinajstić information content (AvgIpc) is 3.21. The summed E-state index contributed by atoms with van der Waals surface area (Å²) in [4.78, 5) is 9.02. The van der Waals surface area contributed by atoms with E-state index in [0.717, 1.165) is 41.7 Å². The lowest BCUT2D eigenvalue weighted by Gasteiger charge is -2.08. The molecule has 0 atom stereocenters. The highest BCUT2D eigenvalue weighted by molar-refractivity contribution is 5.64. The molecule has 0 unspecified atom stereocenters. The van der Waals surface area contributed by atoms with Gasteiger partial charge in [-0.05, 0) is 35.9 Å². The molecule has 0 radical (unpaired) electrons. The number of hydrogen-bond acceptors (Lipinski definition) is 4. The molecule has 0 saturated carbocycles. The lowest BCUT2D eigenvalue weighted by molar-refractivity contribution is 0.357. The molecule has 5 nitrogen and oxygen atoms in total. The molecule has 1 aromatic carbocycles. The van der Waals surface area contributed by atoms with Crippen molar-refractivity contribution in [1.29, 1.82) is 0 Å². The van der Waals surface area contributed by atoms with E-state index >= 15 is 0 Å². The molecule has 0 aliphatic carbocycles. The second kappa shape index (κ2) is 5.76. The van der Waals surface area contributed by atoms with E-state index in [1.165, 1.54) is 5.56 Å². The van der Waals surface area contributed by atoms with Gasteiger partial charge in [0.05, 0.1) is 18.8 Å². The number of pyridine rings is 1. The average molecular weight is 306 g/mol. The number of nitrogens with zero attached hydrogens (tertiary/aromatic N) is 3. The lowest BCUT2D eigenvalue weighted by atomic mass is 10.1. The molecule has 1 N–H and O–H groups in total. The Kier molecular flexibility index (Phi) is 3.46. The molecule has 4 rings (SSSR count). The number of imidazole rings is 1. The maximum absolute atomic E-state index is 5.56. The minimum absolute atomic E-state index is 0.651. The summed E-state index contributed by atoms with van der Waals surface area (Å²) in [5.41, 5.74) is 3.34. The third-order valence-corrected chi connectivity index (χ3v) is 4.08. The van der Waals surface area contributed by atoms with E-state index in [4.69, 9.17) is 9.72 Å². The fourth-order valence-electron chi connectivity index (χ4n) is 2.78. The summed E-state index contributed by atoms with van der Waals surface area (Å²) in [6.07, 6.45) is 4.71. The van der Waals surface area contributed by atoms with E-state index in [1.54, 1.807) is 6.20 Å². The third kappa shape index (κ3) is 2.77. The predicted octanol–water partition coefficient (Wildman–Crippen LogP) is 3.03. The van der Waals surface area contributed by atoms with Gasteiger partial charge in [0.1, 0.15) is 17.4 Å². The van der Waals surface area contributed by atoms with Crippen LogP contribution in [0, 0.1) is 0 Å². The monoisotopic (exact) mass is 306 g/mol. The number of rotatable bonds is 4. The molecule has 0 saturated heterocycles. The quantitative estimate of drug-likeness (QED) is 0.805. The van der Waals surface area contributed by atoms with Crippen molar-refractivity contribution in [1.82, 2.24) is 14.5 Å². The Hall–Kier alpha value is -2.82. The number of ether oxygens (including phenoxy) is 1. The second-order valence-corrected chi connectivity index (χ2v) is 5.64. The van der Waals surface area contributed by atoms with E-state index in [2.05, 4.69) is 22.4 Å². The zero-order valence-corrected chi connectivity index (χ0v) is 13.0. The molecule has 0 bridgehead atoms.